The minimum atomic E-state index is -1.18. The summed E-state index contributed by atoms with van der Waals surface area (Å²) in [5.41, 5.74) is 5.95. The van der Waals surface area contributed by atoms with Crippen LogP contribution in [0.3, 0.4) is 0 Å². The number of nitrogens with two attached hydrogens (primary N) is 1. The fraction of sp³-hybridized carbons (Fsp3) is 0.421. The van der Waals surface area contributed by atoms with E-state index in [1.807, 2.05) is 6.07 Å². The lowest BCUT2D eigenvalue weighted by Gasteiger charge is -2.41. The van der Waals surface area contributed by atoms with Crippen LogP contribution in [0.4, 0.5) is 10.2 Å². The Morgan fingerprint density at radius 1 is 0.889 bits per heavy atom. The van der Waals surface area contributed by atoms with E-state index in [0.717, 1.165) is 23.8 Å². The molecule has 5 aliphatic rings. The third-order valence-corrected chi connectivity index (χ3v) is 11.6. The molecule has 5 heterocycles. The summed E-state index contributed by atoms with van der Waals surface area (Å²) in [6, 6.07) is 11.2. The van der Waals surface area contributed by atoms with Crippen molar-refractivity contribution in [2.45, 2.75) is 88.2 Å². The molecule has 4 fully saturated rings. The normalized spacial score (nSPS) is 25.6. The van der Waals surface area contributed by atoms with E-state index in [4.69, 9.17) is 27.3 Å². The lowest BCUT2D eigenvalue weighted by Crippen LogP contribution is -2.59. The van der Waals surface area contributed by atoms with Crippen LogP contribution in [0.5, 0.6) is 5.75 Å². The van der Waals surface area contributed by atoms with Crippen molar-refractivity contribution >= 4 is 47.0 Å². The Labute approximate surface area is 314 Å². The number of piperazine rings is 1. The zero-order chi connectivity index (χ0) is 37.8. The lowest BCUT2D eigenvalue weighted by atomic mass is 9.89. The van der Waals surface area contributed by atoms with Gasteiger partial charge in [0, 0.05) is 55.8 Å². The fourth-order valence-electron chi connectivity index (χ4n) is 8.74. The fourth-order valence-corrected chi connectivity index (χ4v) is 8.95. The van der Waals surface area contributed by atoms with Crippen LogP contribution in [0, 0.1) is 17.1 Å². The van der Waals surface area contributed by atoms with Gasteiger partial charge in [-0.15, -0.1) is 10.2 Å². The summed E-state index contributed by atoms with van der Waals surface area (Å²) in [7, 11) is 0. The average Bonchev–Trinajstić information content (AvgIpc) is 3.56. The summed E-state index contributed by atoms with van der Waals surface area (Å²) in [5, 5.41) is 17.6. The number of likely N-dealkylation sites (tertiary alicyclic amines) is 2. The highest BCUT2D eigenvalue weighted by Gasteiger charge is 2.49. The highest BCUT2D eigenvalue weighted by molar-refractivity contribution is 6.31. The van der Waals surface area contributed by atoms with Crippen molar-refractivity contribution < 1.29 is 33.1 Å². The molecule has 2 N–H and O–H groups in total. The van der Waals surface area contributed by atoms with Crippen molar-refractivity contribution in [2.75, 3.05) is 18.0 Å². The Balaban J connectivity index is 0.922. The number of rotatable bonds is 8. The number of primary amides is 1. The summed E-state index contributed by atoms with van der Waals surface area (Å²) >= 11 is 6.15. The molecule has 5 amide bonds. The van der Waals surface area contributed by atoms with E-state index in [2.05, 4.69) is 20.0 Å². The van der Waals surface area contributed by atoms with Crippen molar-refractivity contribution in [1.29, 1.82) is 5.26 Å². The number of nitrogens with zero attached hydrogens (tertiary/aromatic N) is 7. The first kappa shape index (κ1) is 35.6. The summed E-state index contributed by atoms with van der Waals surface area (Å²) in [6.45, 7) is 1.41. The molecule has 0 radical (unpaired) electrons. The van der Waals surface area contributed by atoms with Gasteiger partial charge in [-0.25, -0.2) is 4.39 Å². The molecule has 2 bridgehead atoms. The van der Waals surface area contributed by atoms with E-state index in [9.17, 15) is 24.0 Å². The monoisotopic (exact) mass is 754 g/mol. The molecule has 4 aliphatic heterocycles. The second kappa shape index (κ2) is 14.1. The Hall–Kier alpha value is -5.46. The average molecular weight is 755 g/mol. The summed E-state index contributed by atoms with van der Waals surface area (Å²) in [4.78, 5) is 72.5. The number of benzene rings is 2. The van der Waals surface area contributed by atoms with Crippen molar-refractivity contribution in [3.05, 3.63) is 81.3 Å². The van der Waals surface area contributed by atoms with Gasteiger partial charge in [0.25, 0.3) is 23.6 Å². The van der Waals surface area contributed by atoms with Crippen LogP contribution >= 0.6 is 11.6 Å². The Bertz CT molecular complexity index is 2110. The van der Waals surface area contributed by atoms with Gasteiger partial charge in [0.15, 0.2) is 11.5 Å². The van der Waals surface area contributed by atoms with E-state index in [0.29, 0.717) is 55.9 Å². The highest BCUT2D eigenvalue weighted by atomic mass is 35.5. The predicted molar refractivity (Wildman–Crippen MR) is 190 cm³/mol. The number of fused-ring (bicyclic) bond motifs is 3. The standard InChI is InChI=1S/C38H36ClFN8O6/c39-29-14-26(6-1-20(29)16-41)54-25-7-4-22(5-8-25)47-34(49)12-10-32(38(47)53)48-36(51)27-13-21(30(40)15-28(27)37(48)52)17-45-18-23-2-3-24(19-45)46(23)33-11-9-31(35(42)50)43-44-33/h1,6,9,11,13-15,22-25,32H,2-5,7-8,10,12,17-19H2,(H2,42,50)/t22?,23-,24-,25?,32-/m1/s1. The minimum Gasteiger partial charge on any atom is -0.490 e. The zero-order valence-electron chi connectivity index (χ0n) is 29.1. The number of imide groups is 2. The number of nitriles is 1. The topological polar surface area (TPSA) is 183 Å². The van der Waals surface area contributed by atoms with Gasteiger partial charge in [-0.3, -0.25) is 38.7 Å². The molecule has 1 aromatic heterocycles. The molecule has 278 valence electrons. The van der Waals surface area contributed by atoms with Crippen LogP contribution in [0.1, 0.15) is 93.7 Å². The summed E-state index contributed by atoms with van der Waals surface area (Å²) in [6.07, 6.45) is 3.63. The largest absolute Gasteiger partial charge is 0.490 e. The molecule has 3 saturated heterocycles. The second-order valence-corrected chi connectivity index (χ2v) is 15.0. The number of ether oxygens (including phenoxy) is 1. The van der Waals surface area contributed by atoms with Crippen LogP contribution in [0.15, 0.2) is 42.5 Å². The minimum absolute atomic E-state index is 0.00439. The summed E-state index contributed by atoms with van der Waals surface area (Å²) < 4.78 is 21.7. The van der Waals surface area contributed by atoms with E-state index in [1.54, 1.807) is 30.3 Å². The van der Waals surface area contributed by atoms with E-state index < -0.39 is 41.5 Å². The first-order valence-corrected chi connectivity index (χ1v) is 18.4. The molecule has 3 atom stereocenters. The molecule has 3 aromatic rings. The van der Waals surface area contributed by atoms with Gasteiger partial charge < -0.3 is 15.4 Å². The lowest BCUT2D eigenvalue weighted by molar-refractivity contribution is -0.155. The van der Waals surface area contributed by atoms with E-state index in [-0.39, 0.29) is 70.9 Å². The molecule has 16 heteroatoms. The maximum absolute atomic E-state index is 15.7. The number of anilines is 1. The van der Waals surface area contributed by atoms with Crippen molar-refractivity contribution in [2.24, 2.45) is 5.73 Å². The third-order valence-electron chi connectivity index (χ3n) is 11.3. The van der Waals surface area contributed by atoms with Gasteiger partial charge >= 0.3 is 0 Å². The van der Waals surface area contributed by atoms with Gasteiger partial charge in [-0.1, -0.05) is 11.6 Å². The number of hydrogen-bond donors (Lipinski definition) is 1. The zero-order valence-corrected chi connectivity index (χ0v) is 29.9. The Morgan fingerprint density at radius 3 is 2.20 bits per heavy atom. The SMILES string of the molecule is N#Cc1ccc(OC2CCC(N3C(=O)CC[C@@H](N4C(=O)c5cc(F)c(CN6C[C@H]7CC[C@H](C6)N7c6ccc(C(N)=O)nn6)cc5C4=O)C3=O)CC2)cc1Cl. The van der Waals surface area contributed by atoms with E-state index in [1.165, 1.54) is 11.0 Å². The van der Waals surface area contributed by atoms with E-state index >= 15 is 4.39 Å². The van der Waals surface area contributed by atoms with Gasteiger partial charge in [0.05, 0.1) is 27.8 Å². The highest BCUT2D eigenvalue weighted by Crippen LogP contribution is 2.37. The molecule has 1 saturated carbocycles. The number of amides is 5. The Morgan fingerprint density at radius 2 is 1.57 bits per heavy atom. The molecule has 0 unspecified atom stereocenters. The molecule has 14 nitrogen and oxygen atoms in total. The molecule has 1 aliphatic carbocycles. The van der Waals surface area contributed by atoms with Crippen LogP contribution in [0.25, 0.3) is 0 Å². The van der Waals surface area contributed by atoms with Crippen molar-refractivity contribution in [1.82, 2.24) is 24.9 Å². The number of piperidine rings is 1. The number of carbonyl (C=O) groups is 5. The van der Waals surface area contributed by atoms with Crippen molar-refractivity contribution in [3.63, 3.8) is 0 Å². The first-order valence-electron chi connectivity index (χ1n) is 18.1. The Kier molecular flexibility index (Phi) is 9.27. The number of halogens is 2. The van der Waals surface area contributed by atoms with Crippen LogP contribution < -0.4 is 15.4 Å². The predicted octanol–water partition coefficient (Wildman–Crippen LogP) is 3.60. The summed E-state index contributed by atoms with van der Waals surface area (Å²) in [5.74, 6) is -2.49. The van der Waals surface area contributed by atoms with Crippen LogP contribution in [0.2, 0.25) is 5.02 Å². The van der Waals surface area contributed by atoms with Crippen molar-refractivity contribution in [3.8, 4) is 11.8 Å². The second-order valence-electron chi connectivity index (χ2n) is 14.6. The maximum atomic E-state index is 15.7. The first-order chi connectivity index (χ1) is 26.0. The number of aromatic nitrogens is 2. The number of carbonyl (C=O) groups excluding carboxylic acids is 5. The molecular weight excluding hydrogens is 719 g/mol. The third kappa shape index (κ3) is 6.32. The van der Waals surface area contributed by atoms with Crippen LogP contribution in [-0.2, 0) is 16.1 Å². The maximum Gasteiger partial charge on any atom is 0.269 e. The van der Waals surface area contributed by atoms with Gasteiger partial charge in [-0.2, -0.15) is 5.26 Å². The van der Waals surface area contributed by atoms with Gasteiger partial charge in [0.1, 0.15) is 23.7 Å². The van der Waals surface area contributed by atoms with Gasteiger partial charge in [0.2, 0.25) is 5.91 Å². The van der Waals surface area contributed by atoms with Gasteiger partial charge in [-0.05, 0) is 81.3 Å². The molecular formula is C38H36ClFN8O6. The molecule has 8 rings (SSSR count). The van der Waals surface area contributed by atoms with Crippen LogP contribution in [-0.4, -0.2) is 97.8 Å². The molecule has 2 aromatic carbocycles. The number of hydrogen-bond acceptors (Lipinski definition) is 11. The quantitative estimate of drug-likeness (QED) is 0.332. The smallest absolute Gasteiger partial charge is 0.269 e. The molecule has 54 heavy (non-hydrogen) atoms. The molecule has 0 spiro atoms.